The molecule has 0 heterocycles. The van der Waals surface area contributed by atoms with E-state index in [9.17, 15) is 9.90 Å². The van der Waals surface area contributed by atoms with Gasteiger partial charge in [-0.25, -0.2) is 4.79 Å². The minimum atomic E-state index is -1.30. The second-order valence-electron chi connectivity index (χ2n) is 5.24. The van der Waals surface area contributed by atoms with E-state index in [0.717, 1.165) is 11.1 Å². The number of aliphatic hydroxyl groups excluding tert-OH is 1. The van der Waals surface area contributed by atoms with E-state index in [2.05, 4.69) is 0 Å². The Morgan fingerprint density at radius 2 is 1.87 bits per heavy atom. The number of carboxylic acids is 1. The SMILES string of the molecule is COC(C(=O)O)C(O)c1ccc(OCc2ccccc2)c(C)c1. The first-order valence-electron chi connectivity index (χ1n) is 7.24. The number of rotatable bonds is 7. The smallest absolute Gasteiger partial charge is 0.335 e. The van der Waals surface area contributed by atoms with Gasteiger partial charge in [0.2, 0.25) is 0 Å². The third-order valence-electron chi connectivity index (χ3n) is 3.56. The summed E-state index contributed by atoms with van der Waals surface area (Å²) in [7, 11) is 1.26. The minimum absolute atomic E-state index is 0.444. The molecular formula is C18H20O5. The third kappa shape index (κ3) is 4.31. The Labute approximate surface area is 135 Å². The summed E-state index contributed by atoms with van der Waals surface area (Å²) in [5.41, 5.74) is 2.35. The van der Waals surface area contributed by atoms with Crippen LogP contribution < -0.4 is 4.74 Å². The second-order valence-corrected chi connectivity index (χ2v) is 5.24. The summed E-state index contributed by atoms with van der Waals surface area (Å²) in [5, 5.41) is 19.2. The zero-order valence-electron chi connectivity index (χ0n) is 13.1. The van der Waals surface area contributed by atoms with Crippen LogP contribution in [0.1, 0.15) is 22.8 Å². The predicted octanol–water partition coefficient (Wildman–Crippen LogP) is 2.71. The molecule has 2 aromatic rings. The molecule has 2 rings (SSSR count). The monoisotopic (exact) mass is 316 g/mol. The van der Waals surface area contributed by atoms with E-state index in [4.69, 9.17) is 14.6 Å². The predicted molar refractivity (Wildman–Crippen MR) is 85.3 cm³/mol. The van der Waals surface area contributed by atoms with Crippen LogP contribution in [0.4, 0.5) is 0 Å². The molecule has 0 aromatic heterocycles. The number of hydrogen-bond donors (Lipinski definition) is 2. The molecular weight excluding hydrogens is 296 g/mol. The summed E-state index contributed by atoms with van der Waals surface area (Å²) in [4.78, 5) is 11.0. The molecule has 2 aromatic carbocycles. The first-order chi connectivity index (χ1) is 11.0. The first kappa shape index (κ1) is 17.0. The Hall–Kier alpha value is -2.37. The highest BCUT2D eigenvalue weighted by Crippen LogP contribution is 2.26. The minimum Gasteiger partial charge on any atom is -0.489 e. The van der Waals surface area contributed by atoms with Crippen molar-refractivity contribution in [1.29, 1.82) is 0 Å². The van der Waals surface area contributed by atoms with Gasteiger partial charge in [0, 0.05) is 7.11 Å². The maximum Gasteiger partial charge on any atom is 0.335 e. The summed E-state index contributed by atoms with van der Waals surface area (Å²) in [6.45, 7) is 2.29. The van der Waals surface area contributed by atoms with Crippen molar-refractivity contribution in [3.8, 4) is 5.75 Å². The summed E-state index contributed by atoms with van der Waals surface area (Å²) in [5.74, 6) is -0.517. The quantitative estimate of drug-likeness (QED) is 0.821. The molecule has 0 spiro atoms. The molecule has 0 bridgehead atoms. The highest BCUT2D eigenvalue weighted by Gasteiger charge is 2.27. The summed E-state index contributed by atoms with van der Waals surface area (Å²) >= 11 is 0. The van der Waals surface area contributed by atoms with Crippen LogP contribution in [0.25, 0.3) is 0 Å². The average Bonchev–Trinajstić information content (AvgIpc) is 2.54. The molecule has 0 aliphatic carbocycles. The van der Waals surface area contributed by atoms with Crippen molar-refractivity contribution in [2.75, 3.05) is 7.11 Å². The zero-order chi connectivity index (χ0) is 16.8. The standard InChI is InChI=1S/C18H20O5/c1-12-10-14(16(19)17(22-2)18(20)21)8-9-15(12)23-11-13-6-4-3-5-7-13/h3-10,16-17,19H,11H2,1-2H3,(H,20,21). The maximum atomic E-state index is 11.0. The Morgan fingerprint density at radius 3 is 2.43 bits per heavy atom. The van der Waals surface area contributed by atoms with Gasteiger partial charge < -0.3 is 19.7 Å². The van der Waals surface area contributed by atoms with Gasteiger partial charge in [-0.05, 0) is 35.7 Å². The highest BCUT2D eigenvalue weighted by atomic mass is 16.5. The first-order valence-corrected chi connectivity index (χ1v) is 7.24. The van der Waals surface area contributed by atoms with Crippen LogP contribution in [0.15, 0.2) is 48.5 Å². The van der Waals surface area contributed by atoms with Crippen molar-refractivity contribution in [1.82, 2.24) is 0 Å². The van der Waals surface area contributed by atoms with Crippen LogP contribution in [0.2, 0.25) is 0 Å². The fourth-order valence-corrected chi connectivity index (χ4v) is 2.29. The molecule has 0 fully saturated rings. The lowest BCUT2D eigenvalue weighted by Crippen LogP contribution is -2.29. The Kier molecular flexibility index (Phi) is 5.73. The normalized spacial score (nSPS) is 13.3. The molecule has 0 aliphatic rings. The molecule has 5 heteroatoms. The van der Waals surface area contributed by atoms with E-state index in [1.54, 1.807) is 18.2 Å². The summed E-state index contributed by atoms with van der Waals surface area (Å²) in [6.07, 6.45) is -2.54. The Morgan fingerprint density at radius 1 is 1.17 bits per heavy atom. The number of hydrogen-bond acceptors (Lipinski definition) is 4. The molecule has 2 atom stereocenters. The molecule has 5 nitrogen and oxygen atoms in total. The van der Waals surface area contributed by atoms with Crippen molar-refractivity contribution >= 4 is 5.97 Å². The van der Waals surface area contributed by atoms with Gasteiger partial charge in [0.05, 0.1) is 0 Å². The number of aryl methyl sites for hydroxylation is 1. The average molecular weight is 316 g/mol. The van der Waals surface area contributed by atoms with Crippen LogP contribution in [-0.2, 0) is 16.1 Å². The third-order valence-corrected chi connectivity index (χ3v) is 3.56. The molecule has 122 valence electrons. The number of methoxy groups -OCH3 is 1. The van der Waals surface area contributed by atoms with Gasteiger partial charge in [0.25, 0.3) is 0 Å². The summed E-state index contributed by atoms with van der Waals surface area (Å²) in [6, 6.07) is 14.9. The van der Waals surface area contributed by atoms with Gasteiger partial charge in [-0.15, -0.1) is 0 Å². The molecule has 0 saturated heterocycles. The lowest BCUT2D eigenvalue weighted by atomic mass is 10.0. The number of carbonyl (C=O) groups is 1. The van der Waals surface area contributed by atoms with Crippen molar-refractivity contribution in [2.24, 2.45) is 0 Å². The van der Waals surface area contributed by atoms with E-state index < -0.39 is 18.2 Å². The van der Waals surface area contributed by atoms with Crippen LogP contribution in [0.5, 0.6) is 5.75 Å². The lowest BCUT2D eigenvalue weighted by Gasteiger charge is -2.19. The van der Waals surface area contributed by atoms with Crippen molar-refractivity contribution in [2.45, 2.75) is 25.7 Å². The number of aliphatic hydroxyl groups is 1. The fraction of sp³-hybridized carbons (Fsp3) is 0.278. The molecule has 2 unspecified atom stereocenters. The molecule has 0 aliphatic heterocycles. The van der Waals surface area contributed by atoms with Crippen molar-refractivity contribution in [3.63, 3.8) is 0 Å². The van der Waals surface area contributed by atoms with Crippen LogP contribution in [0.3, 0.4) is 0 Å². The fourth-order valence-electron chi connectivity index (χ4n) is 2.29. The highest BCUT2D eigenvalue weighted by molar-refractivity contribution is 5.73. The van der Waals surface area contributed by atoms with E-state index in [-0.39, 0.29) is 0 Å². The van der Waals surface area contributed by atoms with Crippen LogP contribution in [0, 0.1) is 6.92 Å². The lowest BCUT2D eigenvalue weighted by molar-refractivity contribution is -0.155. The van der Waals surface area contributed by atoms with E-state index in [1.165, 1.54) is 7.11 Å². The van der Waals surface area contributed by atoms with Gasteiger partial charge >= 0.3 is 5.97 Å². The van der Waals surface area contributed by atoms with Crippen LogP contribution >= 0.6 is 0 Å². The molecule has 2 N–H and O–H groups in total. The van der Waals surface area contributed by atoms with Gasteiger partial charge in [-0.2, -0.15) is 0 Å². The summed E-state index contributed by atoms with van der Waals surface area (Å²) < 4.78 is 10.6. The van der Waals surface area contributed by atoms with Gasteiger partial charge in [0.1, 0.15) is 18.5 Å². The van der Waals surface area contributed by atoms with Gasteiger partial charge in [0.15, 0.2) is 6.10 Å². The second kappa shape index (κ2) is 7.76. The van der Waals surface area contributed by atoms with E-state index >= 15 is 0 Å². The topological polar surface area (TPSA) is 76.0 Å². The van der Waals surface area contributed by atoms with E-state index in [1.807, 2.05) is 37.3 Å². The Balaban J connectivity index is 2.09. The van der Waals surface area contributed by atoms with Crippen molar-refractivity contribution in [3.05, 3.63) is 65.2 Å². The molecule has 0 radical (unpaired) electrons. The zero-order valence-corrected chi connectivity index (χ0v) is 13.1. The number of carboxylic acid groups (broad SMARTS) is 1. The number of ether oxygens (including phenoxy) is 2. The number of benzene rings is 2. The molecule has 0 amide bonds. The van der Waals surface area contributed by atoms with Crippen LogP contribution in [-0.4, -0.2) is 29.4 Å². The van der Waals surface area contributed by atoms with E-state index in [0.29, 0.717) is 17.9 Å². The number of aliphatic carboxylic acids is 1. The Bertz CT molecular complexity index is 654. The maximum absolute atomic E-state index is 11.0. The van der Waals surface area contributed by atoms with Crippen molar-refractivity contribution < 1.29 is 24.5 Å². The van der Waals surface area contributed by atoms with Gasteiger partial charge in [-0.1, -0.05) is 36.4 Å². The largest absolute Gasteiger partial charge is 0.489 e. The molecule has 23 heavy (non-hydrogen) atoms. The molecule has 0 saturated carbocycles. The van der Waals surface area contributed by atoms with Gasteiger partial charge in [-0.3, -0.25) is 0 Å².